The van der Waals surface area contributed by atoms with Gasteiger partial charge in [-0.2, -0.15) is 0 Å². The number of nitrogens with zero attached hydrogens (tertiary/aromatic N) is 4. The second kappa shape index (κ2) is 7.28. The lowest BCUT2D eigenvalue weighted by Gasteiger charge is -2.34. The highest BCUT2D eigenvalue weighted by atomic mass is 35.5. The van der Waals surface area contributed by atoms with Crippen molar-refractivity contribution in [2.75, 3.05) is 37.7 Å². The maximum atomic E-state index is 12.2. The predicted octanol–water partition coefficient (Wildman–Crippen LogP) is 1.86. The van der Waals surface area contributed by atoms with Crippen LogP contribution in [-0.4, -0.2) is 53.6 Å². The Morgan fingerprint density at radius 3 is 2.57 bits per heavy atom. The highest BCUT2D eigenvalue weighted by molar-refractivity contribution is 6.30. The number of rotatable bonds is 4. The first-order valence-corrected chi connectivity index (χ1v) is 7.78. The molecule has 1 amide bonds. The van der Waals surface area contributed by atoms with Gasteiger partial charge in [0.1, 0.15) is 5.75 Å². The fourth-order valence-electron chi connectivity index (χ4n) is 2.40. The van der Waals surface area contributed by atoms with Gasteiger partial charge in [-0.1, -0.05) is 17.7 Å². The minimum Gasteiger partial charge on any atom is -0.484 e. The number of aromatic nitrogens is 2. The highest BCUT2D eigenvalue weighted by Crippen LogP contribution is 2.17. The van der Waals surface area contributed by atoms with E-state index in [9.17, 15) is 4.79 Å². The summed E-state index contributed by atoms with van der Waals surface area (Å²) in [6, 6.07) is 8.82. The van der Waals surface area contributed by atoms with Crippen LogP contribution in [0.1, 0.15) is 0 Å². The number of benzene rings is 1. The van der Waals surface area contributed by atoms with E-state index < -0.39 is 0 Å². The largest absolute Gasteiger partial charge is 0.484 e. The van der Waals surface area contributed by atoms with Crippen LogP contribution in [0.2, 0.25) is 5.02 Å². The van der Waals surface area contributed by atoms with Gasteiger partial charge in [0.2, 0.25) is 5.95 Å². The van der Waals surface area contributed by atoms with E-state index in [-0.39, 0.29) is 12.5 Å². The number of hydrogen-bond acceptors (Lipinski definition) is 5. The monoisotopic (exact) mass is 332 g/mol. The van der Waals surface area contributed by atoms with Crippen LogP contribution in [0, 0.1) is 0 Å². The van der Waals surface area contributed by atoms with Crippen molar-refractivity contribution in [1.82, 2.24) is 14.9 Å². The van der Waals surface area contributed by atoms with E-state index in [0.29, 0.717) is 42.9 Å². The Balaban J connectivity index is 1.48. The van der Waals surface area contributed by atoms with E-state index in [1.165, 1.54) is 0 Å². The predicted molar refractivity (Wildman–Crippen MR) is 87.8 cm³/mol. The lowest BCUT2D eigenvalue weighted by atomic mass is 10.3. The van der Waals surface area contributed by atoms with Crippen LogP contribution in [0.25, 0.3) is 0 Å². The van der Waals surface area contributed by atoms with Crippen molar-refractivity contribution in [3.63, 3.8) is 0 Å². The van der Waals surface area contributed by atoms with Gasteiger partial charge in [0.05, 0.1) is 0 Å². The van der Waals surface area contributed by atoms with Crippen LogP contribution in [0.15, 0.2) is 42.7 Å². The Kier molecular flexibility index (Phi) is 4.92. The molecule has 0 saturated carbocycles. The highest BCUT2D eigenvalue weighted by Gasteiger charge is 2.22. The van der Waals surface area contributed by atoms with Crippen LogP contribution in [-0.2, 0) is 4.79 Å². The molecule has 1 aromatic heterocycles. The van der Waals surface area contributed by atoms with E-state index in [4.69, 9.17) is 16.3 Å². The second-order valence-corrected chi connectivity index (χ2v) is 5.60. The van der Waals surface area contributed by atoms with Crippen LogP contribution in [0.3, 0.4) is 0 Å². The van der Waals surface area contributed by atoms with Gasteiger partial charge in [0.15, 0.2) is 6.61 Å². The first-order valence-electron chi connectivity index (χ1n) is 7.40. The Morgan fingerprint density at radius 2 is 1.87 bits per heavy atom. The van der Waals surface area contributed by atoms with E-state index in [1.807, 2.05) is 0 Å². The second-order valence-electron chi connectivity index (χ2n) is 5.16. The van der Waals surface area contributed by atoms with Crippen molar-refractivity contribution in [1.29, 1.82) is 0 Å². The molecule has 0 atom stereocenters. The van der Waals surface area contributed by atoms with Crippen molar-refractivity contribution in [3.05, 3.63) is 47.7 Å². The molecule has 7 heteroatoms. The number of piperazine rings is 1. The molecule has 120 valence electrons. The van der Waals surface area contributed by atoms with Crippen molar-refractivity contribution in [2.45, 2.75) is 0 Å². The van der Waals surface area contributed by atoms with Crippen LogP contribution in [0.5, 0.6) is 5.75 Å². The molecule has 2 heterocycles. The molecule has 0 radical (unpaired) electrons. The van der Waals surface area contributed by atoms with Gasteiger partial charge >= 0.3 is 0 Å². The molecule has 2 aromatic rings. The number of carbonyl (C=O) groups is 1. The summed E-state index contributed by atoms with van der Waals surface area (Å²) in [5.74, 6) is 1.27. The Labute approximate surface area is 139 Å². The molecule has 1 saturated heterocycles. The van der Waals surface area contributed by atoms with E-state index >= 15 is 0 Å². The molecule has 1 aromatic carbocycles. The van der Waals surface area contributed by atoms with Crippen molar-refractivity contribution in [2.24, 2.45) is 0 Å². The molecule has 6 nitrogen and oxygen atoms in total. The van der Waals surface area contributed by atoms with Crippen molar-refractivity contribution < 1.29 is 9.53 Å². The Morgan fingerprint density at radius 1 is 1.13 bits per heavy atom. The average Bonchev–Trinajstić information content (AvgIpc) is 2.61. The average molecular weight is 333 g/mol. The molecule has 0 unspecified atom stereocenters. The Hall–Kier alpha value is -2.34. The zero-order valence-electron chi connectivity index (χ0n) is 12.6. The minimum absolute atomic E-state index is 0.0161. The quantitative estimate of drug-likeness (QED) is 0.855. The molecule has 23 heavy (non-hydrogen) atoms. The molecule has 0 bridgehead atoms. The SMILES string of the molecule is O=C(COc1cccc(Cl)c1)N1CCN(c2ncccn2)CC1. The molecule has 0 spiro atoms. The third kappa shape index (κ3) is 4.10. The summed E-state index contributed by atoms with van der Waals surface area (Å²) in [6.45, 7) is 2.72. The fourth-order valence-corrected chi connectivity index (χ4v) is 2.58. The number of ether oxygens (including phenoxy) is 1. The summed E-state index contributed by atoms with van der Waals surface area (Å²) in [6.07, 6.45) is 3.44. The number of halogens is 1. The zero-order valence-corrected chi connectivity index (χ0v) is 13.3. The van der Waals surface area contributed by atoms with E-state index in [1.54, 1.807) is 47.6 Å². The summed E-state index contributed by atoms with van der Waals surface area (Å²) >= 11 is 5.89. The molecular formula is C16H17ClN4O2. The topological polar surface area (TPSA) is 58.6 Å². The standard InChI is InChI=1S/C16H17ClN4O2/c17-13-3-1-4-14(11-13)23-12-15(22)20-7-9-21(10-8-20)16-18-5-2-6-19-16/h1-6,11H,7-10,12H2. The normalized spacial score (nSPS) is 14.7. The third-order valence-corrected chi connectivity index (χ3v) is 3.86. The molecule has 1 aliphatic rings. The summed E-state index contributed by atoms with van der Waals surface area (Å²) in [5, 5.41) is 0.589. The minimum atomic E-state index is -0.0291. The van der Waals surface area contributed by atoms with Crippen LogP contribution in [0.4, 0.5) is 5.95 Å². The molecule has 1 fully saturated rings. The van der Waals surface area contributed by atoms with Crippen molar-refractivity contribution in [3.8, 4) is 5.75 Å². The molecule has 3 rings (SSSR count). The molecular weight excluding hydrogens is 316 g/mol. The number of hydrogen-bond donors (Lipinski definition) is 0. The van der Waals surface area contributed by atoms with E-state index in [0.717, 1.165) is 0 Å². The molecule has 0 N–H and O–H groups in total. The number of carbonyl (C=O) groups excluding carboxylic acids is 1. The number of anilines is 1. The fraction of sp³-hybridized carbons (Fsp3) is 0.312. The van der Waals surface area contributed by atoms with Gasteiger partial charge < -0.3 is 14.5 Å². The molecule has 1 aliphatic heterocycles. The molecule has 0 aliphatic carbocycles. The van der Waals surface area contributed by atoms with Crippen LogP contribution >= 0.6 is 11.6 Å². The summed E-state index contributed by atoms with van der Waals surface area (Å²) in [4.78, 5) is 24.5. The lowest BCUT2D eigenvalue weighted by Crippen LogP contribution is -2.50. The van der Waals surface area contributed by atoms with Gasteiger partial charge in [-0.15, -0.1) is 0 Å². The third-order valence-electron chi connectivity index (χ3n) is 3.63. The maximum Gasteiger partial charge on any atom is 0.260 e. The summed E-state index contributed by atoms with van der Waals surface area (Å²) in [7, 11) is 0. The summed E-state index contributed by atoms with van der Waals surface area (Å²) < 4.78 is 5.50. The van der Waals surface area contributed by atoms with Gasteiger partial charge in [-0.3, -0.25) is 4.79 Å². The Bertz CT molecular complexity index is 660. The summed E-state index contributed by atoms with van der Waals surface area (Å²) in [5.41, 5.74) is 0. The maximum absolute atomic E-state index is 12.2. The van der Waals surface area contributed by atoms with Crippen molar-refractivity contribution >= 4 is 23.5 Å². The smallest absolute Gasteiger partial charge is 0.260 e. The van der Waals surface area contributed by atoms with E-state index in [2.05, 4.69) is 14.9 Å². The van der Waals surface area contributed by atoms with Crippen LogP contribution < -0.4 is 9.64 Å². The zero-order chi connectivity index (χ0) is 16.1. The van der Waals surface area contributed by atoms with Gasteiger partial charge in [-0.05, 0) is 24.3 Å². The lowest BCUT2D eigenvalue weighted by molar-refractivity contribution is -0.133. The van der Waals surface area contributed by atoms with Gasteiger partial charge in [-0.25, -0.2) is 9.97 Å². The number of amides is 1. The van der Waals surface area contributed by atoms with Gasteiger partial charge in [0, 0.05) is 43.6 Å². The first kappa shape index (κ1) is 15.6. The first-order chi connectivity index (χ1) is 11.2. The van der Waals surface area contributed by atoms with Gasteiger partial charge in [0.25, 0.3) is 5.91 Å².